The maximum absolute atomic E-state index is 12.0. The molecule has 1 amide bonds. The van der Waals surface area contributed by atoms with Gasteiger partial charge in [-0.3, -0.25) is 4.79 Å². The van der Waals surface area contributed by atoms with E-state index in [9.17, 15) is 4.79 Å². The number of rotatable bonds is 5. The highest BCUT2D eigenvalue weighted by atomic mass is 16.3. The molecule has 16 heavy (non-hydrogen) atoms. The zero-order chi connectivity index (χ0) is 12.0. The summed E-state index contributed by atoms with van der Waals surface area (Å²) in [7, 11) is 0. The number of carbonyl (C=O) groups is 1. The molecule has 0 bridgehead atoms. The predicted molar refractivity (Wildman–Crippen MR) is 61.9 cm³/mol. The van der Waals surface area contributed by atoms with Gasteiger partial charge in [-0.05, 0) is 18.6 Å². The lowest BCUT2D eigenvalue weighted by Crippen LogP contribution is -2.35. The molecule has 5 heteroatoms. The number of amides is 1. The van der Waals surface area contributed by atoms with Gasteiger partial charge in [-0.2, -0.15) is 0 Å². The van der Waals surface area contributed by atoms with E-state index >= 15 is 0 Å². The molecule has 5 nitrogen and oxygen atoms in total. The minimum atomic E-state index is -0.228. The number of aliphatic hydroxyl groups excluding tert-OH is 1. The quantitative estimate of drug-likeness (QED) is 0.762. The van der Waals surface area contributed by atoms with Gasteiger partial charge in [-0.15, -0.1) is 0 Å². The van der Waals surface area contributed by atoms with Crippen LogP contribution in [0.15, 0.2) is 18.3 Å². The fourth-order valence-corrected chi connectivity index (χ4v) is 1.45. The van der Waals surface area contributed by atoms with E-state index in [1.165, 1.54) is 6.20 Å². The van der Waals surface area contributed by atoms with E-state index in [1.54, 1.807) is 17.0 Å². The number of nitrogen functional groups attached to an aromatic ring is 1. The van der Waals surface area contributed by atoms with Crippen molar-refractivity contribution in [1.29, 1.82) is 0 Å². The minimum Gasteiger partial charge on any atom is -0.397 e. The van der Waals surface area contributed by atoms with Gasteiger partial charge in [0.2, 0.25) is 0 Å². The highest BCUT2D eigenvalue weighted by Crippen LogP contribution is 2.10. The SMILES string of the molecule is CCCN(CCO)C(=O)c1ncccc1N. The Morgan fingerprint density at radius 1 is 1.56 bits per heavy atom. The van der Waals surface area contributed by atoms with E-state index in [0.29, 0.717) is 18.8 Å². The van der Waals surface area contributed by atoms with Gasteiger partial charge in [0.15, 0.2) is 5.69 Å². The summed E-state index contributed by atoms with van der Waals surface area (Å²) in [4.78, 5) is 17.5. The van der Waals surface area contributed by atoms with Crippen molar-refractivity contribution in [1.82, 2.24) is 9.88 Å². The Bertz CT molecular complexity index is 349. The molecule has 1 aromatic rings. The predicted octanol–water partition coefficient (Wildman–Crippen LogP) is 0.508. The van der Waals surface area contributed by atoms with Crippen LogP contribution in [0, 0.1) is 0 Å². The molecule has 1 aromatic heterocycles. The molecule has 0 aliphatic rings. The Morgan fingerprint density at radius 2 is 2.31 bits per heavy atom. The van der Waals surface area contributed by atoms with Crippen LogP contribution in [0.4, 0.5) is 5.69 Å². The van der Waals surface area contributed by atoms with Crippen molar-refractivity contribution >= 4 is 11.6 Å². The molecule has 0 saturated carbocycles. The highest BCUT2D eigenvalue weighted by Gasteiger charge is 2.17. The van der Waals surface area contributed by atoms with Crippen molar-refractivity contribution in [3.05, 3.63) is 24.0 Å². The van der Waals surface area contributed by atoms with Gasteiger partial charge in [0.1, 0.15) is 0 Å². The third kappa shape index (κ3) is 2.93. The number of carbonyl (C=O) groups excluding carboxylic acids is 1. The third-order valence-electron chi connectivity index (χ3n) is 2.19. The van der Waals surface area contributed by atoms with Gasteiger partial charge in [0.25, 0.3) is 5.91 Å². The summed E-state index contributed by atoms with van der Waals surface area (Å²) in [5.41, 5.74) is 6.30. The van der Waals surface area contributed by atoms with Crippen LogP contribution in [0.5, 0.6) is 0 Å². The number of nitrogens with zero attached hydrogens (tertiary/aromatic N) is 2. The summed E-state index contributed by atoms with van der Waals surface area (Å²) >= 11 is 0. The Balaban J connectivity index is 2.85. The summed E-state index contributed by atoms with van der Waals surface area (Å²) in [6.45, 7) is 2.82. The van der Waals surface area contributed by atoms with E-state index in [0.717, 1.165) is 6.42 Å². The average Bonchev–Trinajstić information content (AvgIpc) is 2.28. The summed E-state index contributed by atoms with van der Waals surface area (Å²) in [6.07, 6.45) is 2.37. The zero-order valence-corrected chi connectivity index (χ0v) is 9.39. The summed E-state index contributed by atoms with van der Waals surface area (Å²) in [6, 6.07) is 3.33. The molecule has 1 heterocycles. The molecule has 0 atom stereocenters. The molecular formula is C11H17N3O2. The van der Waals surface area contributed by atoms with Gasteiger partial charge in [0, 0.05) is 19.3 Å². The molecule has 0 fully saturated rings. The number of nitrogens with two attached hydrogens (primary N) is 1. The smallest absolute Gasteiger partial charge is 0.274 e. The van der Waals surface area contributed by atoms with E-state index in [-0.39, 0.29) is 18.2 Å². The fourth-order valence-electron chi connectivity index (χ4n) is 1.45. The third-order valence-corrected chi connectivity index (χ3v) is 2.19. The van der Waals surface area contributed by atoms with Crippen LogP contribution in [-0.4, -0.2) is 40.6 Å². The maximum atomic E-state index is 12.0. The molecule has 0 aliphatic carbocycles. The number of hydrogen-bond acceptors (Lipinski definition) is 4. The van der Waals surface area contributed by atoms with Crippen molar-refractivity contribution in [2.45, 2.75) is 13.3 Å². The topological polar surface area (TPSA) is 79.5 Å². The molecule has 0 radical (unpaired) electrons. The Hall–Kier alpha value is -1.62. The van der Waals surface area contributed by atoms with Crippen LogP contribution in [0.2, 0.25) is 0 Å². The molecule has 0 unspecified atom stereocenters. The largest absolute Gasteiger partial charge is 0.397 e. The Kier molecular flexibility index (Phi) is 4.72. The van der Waals surface area contributed by atoms with Crippen molar-refractivity contribution in [3.8, 4) is 0 Å². The van der Waals surface area contributed by atoms with Crippen molar-refractivity contribution < 1.29 is 9.90 Å². The number of hydrogen-bond donors (Lipinski definition) is 2. The van der Waals surface area contributed by atoms with Gasteiger partial charge >= 0.3 is 0 Å². The Morgan fingerprint density at radius 3 is 2.88 bits per heavy atom. The van der Waals surface area contributed by atoms with Gasteiger partial charge in [0.05, 0.1) is 12.3 Å². The Labute approximate surface area is 94.9 Å². The first kappa shape index (κ1) is 12.4. The van der Waals surface area contributed by atoms with Gasteiger partial charge < -0.3 is 15.7 Å². The molecule has 88 valence electrons. The van der Waals surface area contributed by atoms with Crippen molar-refractivity contribution in [3.63, 3.8) is 0 Å². The molecule has 1 rings (SSSR count). The first-order valence-electron chi connectivity index (χ1n) is 5.31. The van der Waals surface area contributed by atoms with Crippen LogP contribution < -0.4 is 5.73 Å². The number of pyridine rings is 1. The fraction of sp³-hybridized carbons (Fsp3) is 0.455. The van der Waals surface area contributed by atoms with E-state index in [2.05, 4.69) is 4.98 Å². The van der Waals surface area contributed by atoms with Gasteiger partial charge in [-0.1, -0.05) is 6.92 Å². The van der Waals surface area contributed by atoms with Crippen LogP contribution >= 0.6 is 0 Å². The monoisotopic (exact) mass is 223 g/mol. The van der Waals surface area contributed by atoms with Gasteiger partial charge in [-0.25, -0.2) is 4.98 Å². The van der Waals surface area contributed by atoms with E-state index < -0.39 is 0 Å². The van der Waals surface area contributed by atoms with Crippen LogP contribution in [0.25, 0.3) is 0 Å². The maximum Gasteiger partial charge on any atom is 0.274 e. The summed E-state index contributed by atoms with van der Waals surface area (Å²) < 4.78 is 0. The molecule has 0 aromatic carbocycles. The van der Waals surface area contributed by atoms with Crippen LogP contribution in [0.1, 0.15) is 23.8 Å². The summed E-state index contributed by atoms with van der Waals surface area (Å²) in [5.74, 6) is -0.228. The lowest BCUT2D eigenvalue weighted by atomic mass is 10.2. The van der Waals surface area contributed by atoms with Crippen molar-refractivity contribution in [2.75, 3.05) is 25.4 Å². The summed E-state index contributed by atoms with van der Waals surface area (Å²) in [5, 5.41) is 8.88. The van der Waals surface area contributed by atoms with Crippen molar-refractivity contribution in [2.24, 2.45) is 0 Å². The normalized spacial score (nSPS) is 10.1. The lowest BCUT2D eigenvalue weighted by Gasteiger charge is -2.20. The van der Waals surface area contributed by atoms with E-state index in [1.807, 2.05) is 6.92 Å². The number of aliphatic hydroxyl groups is 1. The molecule has 0 saturated heterocycles. The van der Waals surface area contributed by atoms with Crippen LogP contribution in [0.3, 0.4) is 0 Å². The first-order chi connectivity index (χ1) is 7.70. The first-order valence-corrected chi connectivity index (χ1v) is 5.31. The second kappa shape index (κ2) is 6.07. The van der Waals surface area contributed by atoms with Crippen LogP contribution in [-0.2, 0) is 0 Å². The average molecular weight is 223 g/mol. The van der Waals surface area contributed by atoms with E-state index in [4.69, 9.17) is 10.8 Å². The standard InChI is InChI=1S/C11H17N3O2/c1-2-6-14(7-8-15)11(16)10-9(12)4-3-5-13-10/h3-5,15H,2,6-8,12H2,1H3. The second-order valence-electron chi connectivity index (χ2n) is 3.46. The molecule has 0 aliphatic heterocycles. The molecule has 0 spiro atoms. The zero-order valence-electron chi connectivity index (χ0n) is 9.39. The lowest BCUT2D eigenvalue weighted by molar-refractivity contribution is 0.0717. The molecular weight excluding hydrogens is 206 g/mol. The second-order valence-corrected chi connectivity index (χ2v) is 3.46. The number of aromatic nitrogens is 1. The molecule has 3 N–H and O–H groups in total. The highest BCUT2D eigenvalue weighted by molar-refractivity contribution is 5.97. The number of anilines is 1. The minimum absolute atomic E-state index is 0.0571.